The van der Waals surface area contributed by atoms with Crippen LogP contribution in [0, 0.1) is 0 Å². The summed E-state index contributed by atoms with van der Waals surface area (Å²) in [5, 5.41) is 6.10. The van der Waals surface area contributed by atoms with E-state index in [1.165, 1.54) is 0 Å². The van der Waals surface area contributed by atoms with Gasteiger partial charge in [-0.3, -0.25) is 9.59 Å². The first-order valence-corrected chi connectivity index (χ1v) is 14.4. The molecule has 0 radical (unpaired) electrons. The maximum atomic E-state index is 12.8. The highest BCUT2D eigenvalue weighted by atomic mass is 28.3. The molecule has 8 nitrogen and oxygen atoms in total. The summed E-state index contributed by atoms with van der Waals surface area (Å²) < 4.78 is 7.70. The normalized spacial score (nSPS) is 11.7. The number of carbonyl (C=O) groups excluding carboxylic acids is 2. The molecule has 0 aliphatic heterocycles. The fraction of sp³-hybridized carbons (Fsp3) is 0.391. The van der Waals surface area contributed by atoms with Crippen molar-refractivity contribution >= 4 is 42.9 Å². The lowest BCUT2D eigenvalue weighted by atomic mass is 10.2. The van der Waals surface area contributed by atoms with Crippen molar-refractivity contribution in [3.05, 3.63) is 47.8 Å². The lowest BCUT2D eigenvalue weighted by molar-refractivity contribution is 0.0890. The fourth-order valence-electron chi connectivity index (χ4n) is 3.05. The van der Waals surface area contributed by atoms with Gasteiger partial charge in [-0.1, -0.05) is 19.6 Å². The highest BCUT2D eigenvalue weighted by Crippen LogP contribution is 2.22. The summed E-state index contributed by atoms with van der Waals surface area (Å²) in [6.07, 6.45) is 4.17. The fourth-order valence-corrected chi connectivity index (χ4v) is 3.81. The van der Waals surface area contributed by atoms with Crippen LogP contribution in [-0.4, -0.2) is 47.5 Å². The Bertz CT molecular complexity index is 1090. The number of amides is 1. The zero-order valence-corrected chi connectivity index (χ0v) is 20.3. The van der Waals surface area contributed by atoms with Gasteiger partial charge < -0.3 is 19.9 Å². The van der Waals surface area contributed by atoms with E-state index in [0.29, 0.717) is 41.4 Å². The van der Waals surface area contributed by atoms with Gasteiger partial charge in [0.05, 0.1) is 11.8 Å². The van der Waals surface area contributed by atoms with E-state index in [4.69, 9.17) is 4.74 Å². The molecule has 2 N–H and O–H groups in total. The lowest BCUT2D eigenvalue weighted by Crippen LogP contribution is -2.30. The third kappa shape index (κ3) is 6.24. The predicted molar refractivity (Wildman–Crippen MR) is 129 cm³/mol. The summed E-state index contributed by atoms with van der Waals surface area (Å²) in [5.41, 5.74) is 2.91. The van der Waals surface area contributed by atoms with Gasteiger partial charge in [-0.05, 0) is 44.2 Å². The maximum absolute atomic E-state index is 12.8. The number of rotatable bonds is 10. The van der Waals surface area contributed by atoms with Crippen molar-refractivity contribution in [3.63, 3.8) is 0 Å². The standard InChI is InChI=1S/C23H31N5O3Si/c1-16(2)25-23(30)19-13-28(15-31-10-11-32(3,4)5)22-21(19)27-20(12-24-22)26-18-8-6-17(14-29)7-9-18/h6-9,12-14,16H,10-11,15H2,1-5H3,(H,25,30)(H,26,27). The smallest absolute Gasteiger partial charge is 0.255 e. The van der Waals surface area contributed by atoms with Crippen LogP contribution in [-0.2, 0) is 11.5 Å². The zero-order chi connectivity index (χ0) is 23.3. The molecule has 0 spiro atoms. The molecule has 0 saturated carbocycles. The molecule has 1 aromatic carbocycles. The summed E-state index contributed by atoms with van der Waals surface area (Å²) in [4.78, 5) is 32.9. The molecule has 0 bridgehead atoms. The molecule has 0 saturated heterocycles. The highest BCUT2D eigenvalue weighted by Gasteiger charge is 2.19. The van der Waals surface area contributed by atoms with Gasteiger partial charge >= 0.3 is 0 Å². The molecule has 3 aromatic rings. The largest absolute Gasteiger partial charge is 0.361 e. The SMILES string of the molecule is CC(C)NC(=O)c1cn(COCC[Si](C)(C)C)c2ncc(Nc3ccc(C=O)cc3)nc12. The molecule has 1 amide bonds. The highest BCUT2D eigenvalue weighted by molar-refractivity contribution is 6.76. The number of carbonyl (C=O) groups is 2. The van der Waals surface area contributed by atoms with Gasteiger partial charge in [-0.25, -0.2) is 9.97 Å². The number of benzene rings is 1. The molecule has 0 unspecified atom stereocenters. The Kier molecular flexibility index (Phi) is 7.42. The van der Waals surface area contributed by atoms with Crippen molar-refractivity contribution in [1.82, 2.24) is 19.9 Å². The van der Waals surface area contributed by atoms with Crippen LogP contribution < -0.4 is 10.6 Å². The number of aldehydes is 1. The van der Waals surface area contributed by atoms with Crippen molar-refractivity contribution < 1.29 is 14.3 Å². The Labute approximate surface area is 189 Å². The Morgan fingerprint density at radius 2 is 1.94 bits per heavy atom. The van der Waals surface area contributed by atoms with Crippen LogP contribution in [0.3, 0.4) is 0 Å². The zero-order valence-electron chi connectivity index (χ0n) is 19.3. The van der Waals surface area contributed by atoms with E-state index >= 15 is 0 Å². The molecular weight excluding hydrogens is 422 g/mol. The number of nitrogens with zero attached hydrogens (tertiary/aromatic N) is 3. The second-order valence-electron chi connectivity index (χ2n) is 9.28. The van der Waals surface area contributed by atoms with Gasteiger partial charge in [0.1, 0.15) is 24.4 Å². The third-order valence-electron chi connectivity index (χ3n) is 4.78. The minimum atomic E-state index is -1.18. The summed E-state index contributed by atoms with van der Waals surface area (Å²) in [6.45, 7) is 11.7. The molecule has 9 heteroatoms. The lowest BCUT2D eigenvalue weighted by Gasteiger charge is -2.15. The number of fused-ring (bicyclic) bond motifs is 1. The molecule has 32 heavy (non-hydrogen) atoms. The van der Waals surface area contributed by atoms with Crippen molar-refractivity contribution in [2.24, 2.45) is 0 Å². The number of anilines is 2. The van der Waals surface area contributed by atoms with Crippen LogP contribution in [0.1, 0.15) is 34.6 Å². The predicted octanol–water partition coefficient (Wildman–Crippen LogP) is 4.44. The third-order valence-corrected chi connectivity index (χ3v) is 6.48. The minimum Gasteiger partial charge on any atom is -0.361 e. The van der Waals surface area contributed by atoms with Gasteiger partial charge in [0.15, 0.2) is 5.65 Å². The van der Waals surface area contributed by atoms with Gasteiger partial charge in [-0.2, -0.15) is 0 Å². The van der Waals surface area contributed by atoms with E-state index in [1.807, 2.05) is 18.4 Å². The number of aromatic nitrogens is 3. The second kappa shape index (κ2) is 10.1. The van der Waals surface area contributed by atoms with E-state index < -0.39 is 8.07 Å². The summed E-state index contributed by atoms with van der Waals surface area (Å²) in [7, 11) is -1.18. The monoisotopic (exact) mass is 453 g/mol. The van der Waals surface area contributed by atoms with Crippen molar-refractivity contribution in [1.29, 1.82) is 0 Å². The van der Waals surface area contributed by atoms with E-state index in [0.717, 1.165) is 18.0 Å². The van der Waals surface area contributed by atoms with Gasteiger partial charge in [-0.15, -0.1) is 0 Å². The van der Waals surface area contributed by atoms with Gasteiger partial charge in [0.2, 0.25) is 0 Å². The maximum Gasteiger partial charge on any atom is 0.255 e. The second-order valence-corrected chi connectivity index (χ2v) is 14.9. The first kappa shape index (κ1) is 23.6. The van der Waals surface area contributed by atoms with E-state index in [-0.39, 0.29) is 11.9 Å². The Morgan fingerprint density at radius 3 is 2.56 bits per heavy atom. The van der Waals surface area contributed by atoms with Crippen molar-refractivity contribution in [2.75, 3.05) is 11.9 Å². The average molecular weight is 454 g/mol. The summed E-state index contributed by atoms with van der Waals surface area (Å²) in [6, 6.07) is 8.09. The van der Waals surface area contributed by atoms with Crippen LogP contribution in [0.15, 0.2) is 36.7 Å². The number of hydrogen-bond acceptors (Lipinski definition) is 6. The molecular formula is C23H31N5O3Si. The number of ether oxygens (including phenoxy) is 1. The molecule has 0 atom stereocenters. The minimum absolute atomic E-state index is 0.000468. The molecule has 3 rings (SSSR count). The van der Waals surface area contributed by atoms with Crippen molar-refractivity contribution in [2.45, 2.75) is 52.3 Å². The Morgan fingerprint density at radius 1 is 1.22 bits per heavy atom. The topological polar surface area (TPSA) is 98.1 Å². The number of nitrogens with one attached hydrogen (secondary N) is 2. The Hall–Kier alpha value is -3.04. The van der Waals surface area contributed by atoms with Crippen LogP contribution in [0.5, 0.6) is 0 Å². The van der Waals surface area contributed by atoms with Crippen molar-refractivity contribution in [3.8, 4) is 0 Å². The van der Waals surface area contributed by atoms with Crippen LogP contribution in [0.25, 0.3) is 11.2 Å². The van der Waals surface area contributed by atoms with Crippen LogP contribution in [0.4, 0.5) is 11.5 Å². The number of hydrogen-bond donors (Lipinski definition) is 2. The summed E-state index contributed by atoms with van der Waals surface area (Å²) in [5.74, 6) is 0.306. The van der Waals surface area contributed by atoms with E-state index in [1.54, 1.807) is 36.7 Å². The van der Waals surface area contributed by atoms with Gasteiger partial charge in [0, 0.05) is 38.2 Å². The first-order valence-electron chi connectivity index (χ1n) is 10.7. The molecule has 0 aliphatic rings. The van der Waals surface area contributed by atoms with Crippen LogP contribution in [0.2, 0.25) is 25.7 Å². The molecule has 2 aromatic heterocycles. The first-order chi connectivity index (χ1) is 15.2. The molecule has 2 heterocycles. The molecule has 0 fully saturated rings. The Balaban J connectivity index is 1.87. The molecule has 170 valence electrons. The van der Waals surface area contributed by atoms with E-state index in [2.05, 4.69) is 40.2 Å². The average Bonchev–Trinajstić information content (AvgIpc) is 3.09. The van der Waals surface area contributed by atoms with Gasteiger partial charge in [0.25, 0.3) is 5.91 Å². The van der Waals surface area contributed by atoms with E-state index in [9.17, 15) is 9.59 Å². The molecule has 0 aliphatic carbocycles. The summed E-state index contributed by atoms with van der Waals surface area (Å²) >= 11 is 0. The van der Waals surface area contributed by atoms with Crippen LogP contribution >= 0.6 is 0 Å². The quantitative estimate of drug-likeness (QED) is 0.268.